The normalized spacial score (nSPS) is 12.3. The zero-order valence-electron chi connectivity index (χ0n) is 15.1. The number of nitro groups is 1. The number of nitrogens with one attached hydrogen (secondary N) is 1. The van der Waals surface area contributed by atoms with E-state index < -0.39 is 26.9 Å². The molecule has 0 heterocycles. The van der Waals surface area contributed by atoms with Gasteiger partial charge in [-0.05, 0) is 37.6 Å². The van der Waals surface area contributed by atoms with E-state index in [1.54, 1.807) is 6.92 Å². The van der Waals surface area contributed by atoms with Gasteiger partial charge in [0, 0.05) is 12.1 Å². The number of nitro benzene ring substituents is 1. The first kappa shape index (κ1) is 21.9. The van der Waals surface area contributed by atoms with Gasteiger partial charge in [0.25, 0.3) is 5.69 Å². The molecule has 0 bridgehead atoms. The van der Waals surface area contributed by atoms with Crippen molar-refractivity contribution in [3.8, 4) is 0 Å². The van der Waals surface area contributed by atoms with Crippen LogP contribution in [0.5, 0.6) is 0 Å². The molecule has 0 aliphatic heterocycles. The summed E-state index contributed by atoms with van der Waals surface area (Å²) in [5.41, 5.74) is 0.772. The van der Waals surface area contributed by atoms with Crippen molar-refractivity contribution >= 4 is 56.2 Å². The zero-order valence-corrected chi connectivity index (χ0v) is 17.5. The summed E-state index contributed by atoms with van der Waals surface area (Å²) < 4.78 is 25.5. The Bertz CT molecular complexity index is 1040. The molecule has 150 valence electrons. The molecule has 8 nitrogen and oxygen atoms in total. The monoisotopic (exact) mass is 445 g/mol. The summed E-state index contributed by atoms with van der Waals surface area (Å²) in [4.78, 5) is 23.1. The van der Waals surface area contributed by atoms with Gasteiger partial charge in [-0.2, -0.15) is 0 Å². The third-order valence-electron chi connectivity index (χ3n) is 3.94. The Morgan fingerprint density at radius 3 is 2.36 bits per heavy atom. The van der Waals surface area contributed by atoms with Gasteiger partial charge in [-0.1, -0.05) is 29.3 Å². The highest BCUT2D eigenvalue weighted by atomic mass is 35.5. The lowest BCUT2D eigenvalue weighted by Gasteiger charge is -2.28. The average Bonchev–Trinajstić information content (AvgIpc) is 2.58. The van der Waals surface area contributed by atoms with E-state index in [1.165, 1.54) is 43.3 Å². The van der Waals surface area contributed by atoms with Crippen LogP contribution in [-0.2, 0) is 14.8 Å². The fraction of sp³-hybridized carbons (Fsp3) is 0.235. The van der Waals surface area contributed by atoms with E-state index in [0.717, 1.165) is 10.6 Å². The van der Waals surface area contributed by atoms with Crippen molar-refractivity contribution < 1.29 is 18.1 Å². The van der Waals surface area contributed by atoms with Crippen molar-refractivity contribution in [1.82, 2.24) is 0 Å². The number of nitrogens with zero attached hydrogens (tertiary/aromatic N) is 2. The minimum atomic E-state index is -3.85. The predicted molar refractivity (Wildman–Crippen MR) is 110 cm³/mol. The van der Waals surface area contributed by atoms with E-state index in [0.29, 0.717) is 5.56 Å². The molecular weight excluding hydrogens is 429 g/mol. The Balaban J connectivity index is 2.38. The van der Waals surface area contributed by atoms with Crippen molar-refractivity contribution in [1.29, 1.82) is 0 Å². The topological polar surface area (TPSA) is 110 Å². The molecule has 0 radical (unpaired) electrons. The number of amides is 1. The lowest BCUT2D eigenvalue weighted by atomic mass is 10.1. The minimum Gasteiger partial charge on any atom is -0.324 e. The summed E-state index contributed by atoms with van der Waals surface area (Å²) in [6.45, 7) is 3.06. The quantitative estimate of drug-likeness (QED) is 0.533. The van der Waals surface area contributed by atoms with E-state index in [9.17, 15) is 23.3 Å². The lowest BCUT2D eigenvalue weighted by molar-refractivity contribution is -0.384. The summed E-state index contributed by atoms with van der Waals surface area (Å²) in [5.74, 6) is -0.667. The molecule has 2 aromatic rings. The number of anilines is 2. The highest BCUT2D eigenvalue weighted by molar-refractivity contribution is 7.92. The maximum atomic E-state index is 12.7. The van der Waals surface area contributed by atoms with Gasteiger partial charge in [-0.3, -0.25) is 19.2 Å². The summed E-state index contributed by atoms with van der Waals surface area (Å²) >= 11 is 11.8. The molecule has 2 aromatic carbocycles. The third-order valence-corrected chi connectivity index (χ3v) is 5.92. The molecule has 0 saturated carbocycles. The standard InChI is InChI=1S/C17H17Cl2N3O5S/c1-10-4-5-13(22(24)25)9-16(10)20-17(23)11(2)21(28(3,26)27)12-6-7-14(18)15(19)8-12/h4-9,11H,1-3H3,(H,20,23)/t11-/m1/s1. The summed E-state index contributed by atoms with van der Waals surface area (Å²) in [6.07, 6.45) is 0.956. The average molecular weight is 446 g/mol. The van der Waals surface area contributed by atoms with E-state index in [4.69, 9.17) is 23.2 Å². The van der Waals surface area contributed by atoms with Gasteiger partial charge in [-0.25, -0.2) is 8.42 Å². The van der Waals surface area contributed by atoms with Gasteiger partial charge in [0.05, 0.1) is 32.6 Å². The van der Waals surface area contributed by atoms with E-state index in [-0.39, 0.29) is 27.1 Å². The van der Waals surface area contributed by atoms with Crippen LogP contribution in [0.2, 0.25) is 10.0 Å². The van der Waals surface area contributed by atoms with Crippen LogP contribution in [0.3, 0.4) is 0 Å². The molecule has 0 aliphatic carbocycles. The maximum Gasteiger partial charge on any atom is 0.271 e. The van der Waals surface area contributed by atoms with Crippen LogP contribution >= 0.6 is 23.2 Å². The smallest absolute Gasteiger partial charge is 0.271 e. The van der Waals surface area contributed by atoms with E-state index in [1.807, 2.05) is 0 Å². The molecule has 1 amide bonds. The van der Waals surface area contributed by atoms with Crippen LogP contribution in [0, 0.1) is 17.0 Å². The third kappa shape index (κ3) is 4.92. The van der Waals surface area contributed by atoms with Crippen molar-refractivity contribution in [2.24, 2.45) is 0 Å². The first-order valence-corrected chi connectivity index (χ1v) is 10.5. The van der Waals surface area contributed by atoms with E-state index >= 15 is 0 Å². The van der Waals surface area contributed by atoms with Crippen LogP contribution in [0.4, 0.5) is 17.1 Å². The number of hydrogen-bond acceptors (Lipinski definition) is 5. The van der Waals surface area contributed by atoms with Crippen molar-refractivity contribution in [3.05, 3.63) is 62.1 Å². The molecule has 0 aliphatic rings. The van der Waals surface area contributed by atoms with Crippen molar-refractivity contribution in [2.75, 3.05) is 15.9 Å². The minimum absolute atomic E-state index is 0.134. The molecule has 28 heavy (non-hydrogen) atoms. The van der Waals surface area contributed by atoms with Crippen LogP contribution in [0.15, 0.2) is 36.4 Å². The second kappa shape index (κ2) is 8.34. The summed E-state index contributed by atoms with van der Waals surface area (Å²) in [6, 6.07) is 7.05. The molecule has 0 fully saturated rings. The molecule has 0 spiro atoms. The van der Waals surface area contributed by atoms with Gasteiger partial charge >= 0.3 is 0 Å². The van der Waals surface area contributed by atoms with Crippen molar-refractivity contribution in [2.45, 2.75) is 19.9 Å². The summed E-state index contributed by atoms with van der Waals surface area (Å²) in [5, 5.41) is 13.9. The first-order chi connectivity index (χ1) is 12.9. The predicted octanol–water partition coefficient (Wildman–Crippen LogP) is 4.00. The SMILES string of the molecule is Cc1ccc([N+](=O)[O-])cc1NC(=O)[C@@H](C)N(c1ccc(Cl)c(Cl)c1)S(C)(=O)=O. The van der Waals surface area contributed by atoms with Crippen LogP contribution in [-0.4, -0.2) is 31.5 Å². The van der Waals surface area contributed by atoms with Gasteiger partial charge in [0.15, 0.2) is 0 Å². The molecule has 11 heteroatoms. The maximum absolute atomic E-state index is 12.7. The van der Waals surface area contributed by atoms with Crippen LogP contribution in [0.25, 0.3) is 0 Å². The van der Waals surface area contributed by atoms with E-state index in [2.05, 4.69) is 5.32 Å². The highest BCUT2D eigenvalue weighted by Crippen LogP contribution is 2.30. The lowest BCUT2D eigenvalue weighted by Crippen LogP contribution is -2.45. The molecular formula is C17H17Cl2N3O5S. The van der Waals surface area contributed by atoms with Gasteiger partial charge in [0.1, 0.15) is 6.04 Å². The molecule has 0 aromatic heterocycles. The zero-order chi connectivity index (χ0) is 21.2. The number of benzene rings is 2. The Hall–Kier alpha value is -2.36. The number of carbonyl (C=O) groups excluding carboxylic acids is 1. The second-order valence-corrected chi connectivity index (χ2v) is 8.75. The Labute approximate surface area is 172 Å². The van der Waals surface area contributed by atoms with Gasteiger partial charge in [0.2, 0.25) is 15.9 Å². The Morgan fingerprint density at radius 1 is 1.18 bits per heavy atom. The fourth-order valence-electron chi connectivity index (χ4n) is 2.53. The highest BCUT2D eigenvalue weighted by Gasteiger charge is 2.30. The number of carbonyl (C=O) groups is 1. The number of sulfonamides is 1. The number of halogens is 2. The number of aryl methyl sites for hydroxylation is 1. The molecule has 1 atom stereocenters. The molecule has 0 saturated heterocycles. The number of hydrogen-bond donors (Lipinski definition) is 1. The van der Waals surface area contributed by atoms with Gasteiger partial charge in [-0.15, -0.1) is 0 Å². The Morgan fingerprint density at radius 2 is 1.82 bits per heavy atom. The van der Waals surface area contributed by atoms with Crippen LogP contribution in [0.1, 0.15) is 12.5 Å². The summed E-state index contributed by atoms with van der Waals surface area (Å²) in [7, 11) is -3.85. The van der Waals surface area contributed by atoms with Gasteiger partial charge < -0.3 is 5.32 Å². The largest absolute Gasteiger partial charge is 0.324 e. The first-order valence-electron chi connectivity index (χ1n) is 7.92. The number of non-ortho nitro benzene ring substituents is 1. The Kier molecular flexibility index (Phi) is 6.53. The number of rotatable bonds is 6. The van der Waals surface area contributed by atoms with Crippen molar-refractivity contribution in [3.63, 3.8) is 0 Å². The second-order valence-electron chi connectivity index (χ2n) is 6.08. The van der Waals surface area contributed by atoms with Crippen LogP contribution < -0.4 is 9.62 Å². The molecule has 2 rings (SSSR count). The molecule has 0 unspecified atom stereocenters. The fourth-order valence-corrected chi connectivity index (χ4v) is 3.99. The molecule has 1 N–H and O–H groups in total.